The highest BCUT2D eigenvalue weighted by Gasteiger charge is 2.17. The summed E-state index contributed by atoms with van der Waals surface area (Å²) >= 11 is 0.688. The molecular formula is C22H18F2N4O3S. The van der Waals surface area contributed by atoms with Gasteiger partial charge in [-0.1, -0.05) is 49.3 Å². The van der Waals surface area contributed by atoms with Crippen LogP contribution < -0.4 is 0 Å². The van der Waals surface area contributed by atoms with Crippen LogP contribution in [0.25, 0.3) is 33.5 Å². The van der Waals surface area contributed by atoms with Crippen molar-refractivity contribution in [2.45, 2.75) is 25.5 Å². The minimum Gasteiger partial charge on any atom is -0.389 e. The van der Waals surface area contributed by atoms with Gasteiger partial charge < -0.3 is 8.71 Å². The van der Waals surface area contributed by atoms with Gasteiger partial charge in [0.1, 0.15) is 17.8 Å². The van der Waals surface area contributed by atoms with Crippen LogP contribution >= 0.6 is 12.0 Å². The van der Waals surface area contributed by atoms with Crippen LogP contribution in [0.5, 0.6) is 0 Å². The number of benzene rings is 2. The molecule has 32 heavy (non-hydrogen) atoms. The average Bonchev–Trinajstić information content (AvgIpc) is 3.29. The zero-order valence-electron chi connectivity index (χ0n) is 17.2. The molecule has 0 atom stereocenters. The monoisotopic (exact) mass is 456 g/mol. The molecule has 2 aromatic heterocycles. The van der Waals surface area contributed by atoms with E-state index in [-0.39, 0.29) is 11.7 Å². The number of hydrogen-bond donors (Lipinski definition) is 0. The first-order chi connectivity index (χ1) is 15.5. The number of alkyl halides is 1. The molecule has 4 aromatic rings. The van der Waals surface area contributed by atoms with Gasteiger partial charge in [0.2, 0.25) is 11.7 Å². The predicted octanol–water partition coefficient (Wildman–Crippen LogP) is 5.27. The molecule has 0 bridgehead atoms. The second-order valence-electron chi connectivity index (χ2n) is 7.19. The van der Waals surface area contributed by atoms with Crippen LogP contribution in [0.15, 0.2) is 47.2 Å². The lowest BCUT2D eigenvalue weighted by molar-refractivity contribution is -0.133. The van der Waals surface area contributed by atoms with Crippen molar-refractivity contribution in [3.05, 3.63) is 60.0 Å². The number of hydrogen-bond acceptors (Lipinski definition) is 8. The minimum atomic E-state index is -1.22. The Balaban J connectivity index is 1.68. The van der Waals surface area contributed by atoms with E-state index in [1.807, 2.05) is 32.0 Å². The van der Waals surface area contributed by atoms with Gasteiger partial charge in [0.05, 0.1) is 23.3 Å². The molecule has 0 radical (unpaired) electrons. The van der Waals surface area contributed by atoms with Crippen molar-refractivity contribution >= 4 is 28.9 Å². The van der Waals surface area contributed by atoms with Gasteiger partial charge >= 0.3 is 5.97 Å². The van der Waals surface area contributed by atoms with E-state index in [0.29, 0.717) is 57.0 Å². The summed E-state index contributed by atoms with van der Waals surface area (Å²) in [6, 6.07) is 10.2. The standard InChI is InChI=1S/C22H18F2N4O3S/c1-12(2)22-27-21(28-30-22)20-16-5-3-4-15(19(16)25-11-26-20)13-6-7-14(17(24)8-13)10-32-31-18(29)9-23/h3-8,11-12H,9-10H2,1-2H3. The summed E-state index contributed by atoms with van der Waals surface area (Å²) in [6.45, 7) is 2.69. The number of nitrogens with zero attached hydrogens (tertiary/aromatic N) is 4. The summed E-state index contributed by atoms with van der Waals surface area (Å²) < 4.78 is 36.7. The summed E-state index contributed by atoms with van der Waals surface area (Å²) in [7, 11) is 0. The van der Waals surface area contributed by atoms with Crippen LogP contribution in [-0.2, 0) is 14.7 Å². The van der Waals surface area contributed by atoms with Crippen molar-refractivity contribution in [3.8, 4) is 22.6 Å². The maximum Gasteiger partial charge on any atom is 0.349 e. The molecule has 2 aromatic carbocycles. The van der Waals surface area contributed by atoms with E-state index in [1.54, 1.807) is 12.1 Å². The van der Waals surface area contributed by atoms with E-state index >= 15 is 0 Å². The lowest BCUT2D eigenvalue weighted by Gasteiger charge is -2.09. The summed E-state index contributed by atoms with van der Waals surface area (Å²) in [5.41, 5.74) is 2.79. The lowest BCUT2D eigenvalue weighted by atomic mass is 10.00. The first kappa shape index (κ1) is 21.8. The Morgan fingerprint density at radius 1 is 1.22 bits per heavy atom. The summed E-state index contributed by atoms with van der Waals surface area (Å²) in [6.07, 6.45) is 1.41. The van der Waals surface area contributed by atoms with Crippen LogP contribution in [0.3, 0.4) is 0 Å². The normalized spacial score (nSPS) is 11.3. The zero-order chi connectivity index (χ0) is 22.7. The molecule has 2 heterocycles. The highest BCUT2D eigenvalue weighted by molar-refractivity contribution is 7.94. The van der Waals surface area contributed by atoms with Gasteiger partial charge in [0.15, 0.2) is 6.67 Å². The number of para-hydroxylation sites is 1. The number of carbonyl (C=O) groups is 1. The minimum absolute atomic E-state index is 0.0652. The molecular weight excluding hydrogens is 438 g/mol. The van der Waals surface area contributed by atoms with Crippen LogP contribution in [0.1, 0.15) is 31.2 Å². The third-order valence-corrected chi connectivity index (χ3v) is 5.38. The molecule has 7 nitrogen and oxygen atoms in total. The van der Waals surface area contributed by atoms with Gasteiger partial charge in [-0.3, -0.25) is 0 Å². The second kappa shape index (κ2) is 9.39. The third kappa shape index (κ3) is 4.45. The fraction of sp³-hybridized carbons (Fsp3) is 0.227. The van der Waals surface area contributed by atoms with Crippen molar-refractivity contribution in [1.82, 2.24) is 20.1 Å². The first-order valence-corrected chi connectivity index (χ1v) is 10.6. The summed E-state index contributed by atoms with van der Waals surface area (Å²) in [5, 5.41) is 4.74. The Bertz CT molecular complexity index is 1280. The molecule has 0 N–H and O–H groups in total. The van der Waals surface area contributed by atoms with Crippen LogP contribution in [0.2, 0.25) is 0 Å². The number of carbonyl (C=O) groups excluding carboxylic acids is 1. The van der Waals surface area contributed by atoms with E-state index < -0.39 is 18.5 Å². The molecule has 0 fully saturated rings. The molecule has 0 amide bonds. The molecule has 0 saturated heterocycles. The van der Waals surface area contributed by atoms with Crippen LogP contribution in [0, 0.1) is 5.82 Å². The van der Waals surface area contributed by atoms with E-state index in [4.69, 9.17) is 4.52 Å². The molecule has 0 saturated carbocycles. The van der Waals surface area contributed by atoms with Crippen molar-refractivity contribution in [2.75, 3.05) is 6.67 Å². The fourth-order valence-electron chi connectivity index (χ4n) is 3.08. The Kier molecular flexibility index (Phi) is 6.40. The Morgan fingerprint density at radius 3 is 2.78 bits per heavy atom. The van der Waals surface area contributed by atoms with Crippen molar-refractivity contribution in [2.24, 2.45) is 0 Å². The van der Waals surface area contributed by atoms with Crippen molar-refractivity contribution in [1.29, 1.82) is 0 Å². The van der Waals surface area contributed by atoms with Crippen molar-refractivity contribution < 1.29 is 22.3 Å². The zero-order valence-corrected chi connectivity index (χ0v) is 18.0. The highest BCUT2D eigenvalue weighted by Crippen LogP contribution is 2.32. The van der Waals surface area contributed by atoms with Crippen LogP contribution in [-0.4, -0.2) is 32.8 Å². The first-order valence-electron chi connectivity index (χ1n) is 9.72. The van der Waals surface area contributed by atoms with E-state index in [9.17, 15) is 13.6 Å². The van der Waals surface area contributed by atoms with Gasteiger partial charge in [-0.15, -0.1) is 0 Å². The van der Waals surface area contributed by atoms with Gasteiger partial charge in [0, 0.05) is 22.4 Å². The van der Waals surface area contributed by atoms with Gasteiger partial charge in [-0.2, -0.15) is 4.98 Å². The number of rotatable bonds is 7. The Morgan fingerprint density at radius 2 is 2.06 bits per heavy atom. The molecule has 0 unspecified atom stereocenters. The van der Waals surface area contributed by atoms with Gasteiger partial charge in [-0.05, 0) is 11.6 Å². The highest BCUT2D eigenvalue weighted by atomic mass is 32.2. The quantitative estimate of drug-likeness (QED) is 0.347. The SMILES string of the molecule is CC(C)c1nc(-c2ncnc3c(-c4ccc(CSOC(=O)CF)c(F)c4)cccc23)no1. The number of aromatic nitrogens is 4. The van der Waals surface area contributed by atoms with Crippen LogP contribution in [0.4, 0.5) is 8.78 Å². The molecule has 4 rings (SSSR count). The second-order valence-corrected chi connectivity index (χ2v) is 7.88. The maximum absolute atomic E-state index is 14.7. The summed E-state index contributed by atoms with van der Waals surface area (Å²) in [4.78, 5) is 24.0. The molecule has 0 aliphatic heterocycles. The molecule has 0 spiro atoms. The molecule has 0 aliphatic rings. The smallest absolute Gasteiger partial charge is 0.349 e. The predicted molar refractivity (Wildman–Crippen MR) is 116 cm³/mol. The largest absolute Gasteiger partial charge is 0.389 e. The lowest BCUT2D eigenvalue weighted by Crippen LogP contribution is -2.01. The van der Waals surface area contributed by atoms with Gasteiger partial charge in [0.25, 0.3) is 0 Å². The number of halogens is 2. The fourth-order valence-corrected chi connectivity index (χ4v) is 3.67. The molecule has 164 valence electrons. The van der Waals surface area contributed by atoms with Crippen molar-refractivity contribution in [3.63, 3.8) is 0 Å². The van der Waals surface area contributed by atoms with Gasteiger partial charge in [-0.25, -0.2) is 23.5 Å². The topological polar surface area (TPSA) is 91.0 Å². The average molecular weight is 456 g/mol. The van der Waals surface area contributed by atoms with E-state index in [2.05, 4.69) is 24.3 Å². The van der Waals surface area contributed by atoms with E-state index in [1.165, 1.54) is 12.4 Å². The molecule has 0 aliphatic carbocycles. The maximum atomic E-state index is 14.7. The Labute approximate surface area is 186 Å². The third-order valence-electron chi connectivity index (χ3n) is 4.65. The molecule has 10 heteroatoms. The Hall–Kier alpha value is -3.40. The summed E-state index contributed by atoms with van der Waals surface area (Å²) in [5.74, 6) is -0.455. The van der Waals surface area contributed by atoms with E-state index in [0.717, 1.165) is 0 Å². The number of fused-ring (bicyclic) bond motifs is 1.